The number of hydrogen-bond donors (Lipinski definition) is 2. The number of carbonyl (C=O) groups is 1. The number of hydrogen-bond acceptors (Lipinski definition) is 7. The van der Waals surface area contributed by atoms with Gasteiger partial charge in [0.25, 0.3) is 11.5 Å². The Morgan fingerprint density at radius 1 is 1.10 bits per heavy atom. The molecule has 0 saturated carbocycles. The van der Waals surface area contributed by atoms with E-state index in [1.165, 1.54) is 15.7 Å². The zero-order chi connectivity index (χ0) is 29.4. The van der Waals surface area contributed by atoms with Gasteiger partial charge in [-0.25, -0.2) is 9.97 Å². The molecule has 42 heavy (non-hydrogen) atoms. The second-order valence-electron chi connectivity index (χ2n) is 9.64. The molecule has 10 heteroatoms. The Labute approximate surface area is 244 Å². The van der Waals surface area contributed by atoms with Crippen molar-refractivity contribution in [2.45, 2.75) is 13.5 Å². The van der Waals surface area contributed by atoms with E-state index < -0.39 is 0 Å². The molecular weight excluding hydrogens is 548 g/mol. The first-order chi connectivity index (χ1) is 20.4. The molecular formula is C32H26N6O3S. The maximum absolute atomic E-state index is 13.7. The number of pyridine rings is 2. The van der Waals surface area contributed by atoms with Crippen LogP contribution in [0, 0.1) is 12.3 Å². The molecule has 0 bridgehead atoms. The molecule has 0 unspecified atom stereocenters. The van der Waals surface area contributed by atoms with Gasteiger partial charge in [-0.3, -0.25) is 19.4 Å². The van der Waals surface area contributed by atoms with Crippen LogP contribution in [0.3, 0.4) is 0 Å². The summed E-state index contributed by atoms with van der Waals surface area (Å²) >= 11 is 1.24. The lowest BCUT2D eigenvalue weighted by molar-refractivity contribution is 0.102. The largest absolute Gasteiger partial charge is 0.497 e. The molecule has 0 atom stereocenters. The molecule has 9 nitrogen and oxygen atoms in total. The summed E-state index contributed by atoms with van der Waals surface area (Å²) in [6.45, 7) is 6.03. The number of aryl methyl sites for hydroxylation is 1. The number of benzene rings is 2. The van der Waals surface area contributed by atoms with E-state index in [0.717, 1.165) is 11.1 Å². The third-order valence-corrected chi connectivity index (χ3v) is 7.85. The average Bonchev–Trinajstić information content (AvgIpc) is 3.43. The summed E-state index contributed by atoms with van der Waals surface area (Å²) in [5.74, 6) is 0.345. The highest BCUT2D eigenvalue weighted by Crippen LogP contribution is 2.38. The number of amides is 1. The van der Waals surface area contributed by atoms with Crippen LogP contribution in [0.25, 0.3) is 38.5 Å². The molecule has 0 aliphatic rings. The van der Waals surface area contributed by atoms with Gasteiger partial charge < -0.3 is 14.6 Å². The zero-order valence-corrected chi connectivity index (χ0v) is 23.7. The number of methoxy groups -OCH3 is 1. The van der Waals surface area contributed by atoms with Crippen LogP contribution in [0.2, 0.25) is 0 Å². The van der Waals surface area contributed by atoms with Crippen molar-refractivity contribution in [3.05, 3.63) is 119 Å². The summed E-state index contributed by atoms with van der Waals surface area (Å²) in [6.07, 6.45) is 3.41. The van der Waals surface area contributed by atoms with Crippen LogP contribution in [-0.4, -0.2) is 32.0 Å². The summed E-state index contributed by atoms with van der Waals surface area (Å²) in [4.78, 5) is 36.5. The lowest BCUT2D eigenvalue weighted by Gasteiger charge is -2.12. The van der Waals surface area contributed by atoms with Gasteiger partial charge >= 0.3 is 0 Å². The first-order valence-electron chi connectivity index (χ1n) is 13.1. The molecule has 4 heterocycles. The number of fused-ring (bicyclic) bond motifs is 2. The fraction of sp³-hybridized carbons (Fsp3) is 0.0938. The molecule has 0 spiro atoms. The number of allylic oxidation sites excluding steroid dienone is 1. The first-order valence-corrected chi connectivity index (χ1v) is 13.9. The van der Waals surface area contributed by atoms with E-state index in [1.54, 1.807) is 60.3 Å². The van der Waals surface area contributed by atoms with Gasteiger partial charge in [-0.2, -0.15) is 0 Å². The van der Waals surface area contributed by atoms with Crippen LogP contribution < -0.4 is 21.1 Å². The molecule has 0 fully saturated rings. The molecule has 1 amide bonds. The van der Waals surface area contributed by atoms with Gasteiger partial charge in [-0.05, 0) is 48.9 Å². The molecule has 2 aromatic carbocycles. The van der Waals surface area contributed by atoms with Gasteiger partial charge in [0.1, 0.15) is 38.2 Å². The molecule has 208 valence electrons. The molecule has 6 rings (SSSR count). The molecule has 6 aromatic rings. The van der Waals surface area contributed by atoms with Gasteiger partial charge in [0.2, 0.25) is 0 Å². The Morgan fingerprint density at radius 2 is 1.86 bits per heavy atom. The summed E-state index contributed by atoms with van der Waals surface area (Å²) in [6, 6.07) is 21.7. The van der Waals surface area contributed by atoms with Gasteiger partial charge in [0, 0.05) is 23.9 Å². The number of thiazole rings is 1. The van der Waals surface area contributed by atoms with Crippen LogP contribution in [0.4, 0.5) is 5.00 Å². The molecule has 0 aliphatic heterocycles. The van der Waals surface area contributed by atoms with Crippen molar-refractivity contribution >= 4 is 38.9 Å². The van der Waals surface area contributed by atoms with Crippen molar-refractivity contribution in [3.63, 3.8) is 0 Å². The number of nitrogens with zero attached hydrogens (tertiary/aromatic N) is 4. The predicted molar refractivity (Wildman–Crippen MR) is 165 cm³/mol. The number of rotatable bonds is 7. The highest BCUT2D eigenvalue weighted by Gasteiger charge is 2.21. The third-order valence-electron chi connectivity index (χ3n) is 6.85. The highest BCUT2D eigenvalue weighted by atomic mass is 32.1. The van der Waals surface area contributed by atoms with Crippen molar-refractivity contribution in [1.82, 2.24) is 18.9 Å². The average molecular weight is 575 g/mol. The smallest absolute Gasteiger partial charge is 0.267 e. The minimum absolute atomic E-state index is 0.132. The number of carbonyl (C=O) groups excluding carboxylic acids is 1. The van der Waals surface area contributed by atoms with Crippen molar-refractivity contribution in [2.75, 3.05) is 12.4 Å². The number of aromatic nitrogens is 4. The SMILES string of the molecule is C=CCn1c(=N)c(-c2nc(-c3ccccc3)c(NC(=O)c3ccc(OC)cc3)s2)cc2c(=O)n3cc(C)ccc3nc21. The Morgan fingerprint density at radius 3 is 2.57 bits per heavy atom. The second kappa shape index (κ2) is 10.9. The van der Waals surface area contributed by atoms with Crippen LogP contribution in [-0.2, 0) is 6.54 Å². The Kier molecular flexibility index (Phi) is 6.97. The minimum atomic E-state index is -0.305. The topological polar surface area (TPSA) is 114 Å². The molecule has 2 N–H and O–H groups in total. The van der Waals surface area contributed by atoms with E-state index in [-0.39, 0.29) is 23.5 Å². The first kappa shape index (κ1) is 26.9. The quantitative estimate of drug-likeness (QED) is 0.188. The van der Waals surface area contributed by atoms with Crippen molar-refractivity contribution in [3.8, 4) is 27.6 Å². The number of anilines is 1. The van der Waals surface area contributed by atoms with Gasteiger partial charge in [-0.15, -0.1) is 6.58 Å². The number of nitrogens with one attached hydrogen (secondary N) is 2. The van der Waals surface area contributed by atoms with E-state index in [1.807, 2.05) is 43.3 Å². The van der Waals surface area contributed by atoms with E-state index in [9.17, 15) is 9.59 Å². The molecule has 4 aromatic heterocycles. The van der Waals surface area contributed by atoms with E-state index >= 15 is 0 Å². The van der Waals surface area contributed by atoms with Gasteiger partial charge in [-0.1, -0.05) is 53.8 Å². The van der Waals surface area contributed by atoms with Crippen LogP contribution in [0.15, 0.2) is 96.4 Å². The lowest BCUT2D eigenvalue weighted by Crippen LogP contribution is -2.26. The summed E-state index contributed by atoms with van der Waals surface area (Å²) in [5, 5.41) is 13.5. The van der Waals surface area contributed by atoms with Crippen molar-refractivity contribution in [2.24, 2.45) is 0 Å². The second-order valence-corrected chi connectivity index (χ2v) is 10.6. The molecule has 0 saturated heterocycles. The summed E-state index contributed by atoms with van der Waals surface area (Å²) in [7, 11) is 1.57. The van der Waals surface area contributed by atoms with Gasteiger partial charge in [0.05, 0.1) is 18.1 Å². The van der Waals surface area contributed by atoms with E-state index in [0.29, 0.717) is 49.3 Å². The summed E-state index contributed by atoms with van der Waals surface area (Å²) < 4.78 is 8.38. The van der Waals surface area contributed by atoms with Crippen LogP contribution >= 0.6 is 11.3 Å². The standard InChI is InChI=1S/C32H26N6O3S/c1-4-16-37-27(33)23(17-24-28(37)34-25-15-10-19(2)18-38(25)32(24)40)30-35-26(20-8-6-5-7-9-20)31(42-30)36-29(39)21-11-13-22(41-3)14-12-21/h4-15,17-18,33H,1,16H2,2-3H3,(H,36,39). The van der Waals surface area contributed by atoms with E-state index in [2.05, 4.69) is 11.9 Å². The fourth-order valence-corrected chi connectivity index (χ4v) is 5.74. The third kappa shape index (κ3) is 4.77. The Balaban J connectivity index is 1.54. The Hall–Kier alpha value is -5.35. The Bertz CT molecular complexity index is 2110. The van der Waals surface area contributed by atoms with E-state index in [4.69, 9.17) is 20.1 Å². The minimum Gasteiger partial charge on any atom is -0.497 e. The maximum Gasteiger partial charge on any atom is 0.267 e. The molecule has 0 radical (unpaired) electrons. The predicted octanol–water partition coefficient (Wildman–Crippen LogP) is 5.67. The van der Waals surface area contributed by atoms with Gasteiger partial charge in [0.15, 0.2) is 0 Å². The normalized spacial score (nSPS) is 11.1. The van der Waals surface area contributed by atoms with Crippen molar-refractivity contribution < 1.29 is 9.53 Å². The lowest BCUT2D eigenvalue weighted by atomic mass is 10.1. The fourth-order valence-electron chi connectivity index (χ4n) is 4.74. The summed E-state index contributed by atoms with van der Waals surface area (Å²) in [5.41, 5.74) is 3.97. The zero-order valence-electron chi connectivity index (χ0n) is 22.9. The molecule has 0 aliphatic carbocycles. The van der Waals surface area contributed by atoms with Crippen LogP contribution in [0.1, 0.15) is 15.9 Å². The maximum atomic E-state index is 13.7. The number of ether oxygens (including phenoxy) is 1. The van der Waals surface area contributed by atoms with Crippen LogP contribution in [0.5, 0.6) is 5.75 Å². The monoisotopic (exact) mass is 574 g/mol. The van der Waals surface area contributed by atoms with Crippen molar-refractivity contribution in [1.29, 1.82) is 5.41 Å². The highest BCUT2D eigenvalue weighted by molar-refractivity contribution is 7.19.